The lowest BCUT2D eigenvalue weighted by atomic mass is 9.44. The zero-order valence-electron chi connectivity index (χ0n) is 17.3. The predicted molar refractivity (Wildman–Crippen MR) is 105 cm³/mol. The summed E-state index contributed by atoms with van der Waals surface area (Å²) in [5, 5.41) is 3.67. The van der Waals surface area contributed by atoms with E-state index < -0.39 is 0 Å². The monoisotopic (exact) mass is 333 g/mol. The molecule has 4 aliphatic rings. The van der Waals surface area contributed by atoms with Crippen LogP contribution < -0.4 is 5.32 Å². The van der Waals surface area contributed by atoms with Gasteiger partial charge in [-0.05, 0) is 98.8 Å². The first-order valence-electron chi connectivity index (χ1n) is 11.2. The second kappa shape index (κ2) is 6.93. The van der Waals surface area contributed by atoms with E-state index in [9.17, 15) is 0 Å². The minimum Gasteiger partial charge on any atom is -0.316 e. The average Bonchev–Trinajstić information content (AvgIpc) is 2.93. The second-order valence-corrected chi connectivity index (χ2v) is 10.00. The first kappa shape index (κ1) is 18.7. The molecule has 8 atom stereocenters. The van der Waals surface area contributed by atoms with E-state index in [1.54, 1.807) is 12.8 Å². The van der Waals surface area contributed by atoms with E-state index in [2.05, 4.69) is 33.1 Å². The first-order valence-corrected chi connectivity index (χ1v) is 11.2. The minimum absolute atomic E-state index is 0.598. The van der Waals surface area contributed by atoms with E-state index >= 15 is 0 Å². The Balaban J connectivity index is 0.000000815. The normalized spacial score (nSPS) is 53.2. The van der Waals surface area contributed by atoms with Crippen LogP contribution in [0.2, 0.25) is 0 Å². The van der Waals surface area contributed by atoms with Crippen LogP contribution in [0.4, 0.5) is 0 Å². The highest BCUT2D eigenvalue weighted by Gasteiger charge is 2.59. The molecule has 0 radical (unpaired) electrons. The van der Waals surface area contributed by atoms with E-state index in [1.165, 1.54) is 44.9 Å². The Morgan fingerprint density at radius 3 is 2.17 bits per heavy atom. The van der Waals surface area contributed by atoms with E-state index in [1.807, 2.05) is 13.8 Å². The quantitative estimate of drug-likeness (QED) is 0.595. The molecule has 0 spiro atoms. The van der Waals surface area contributed by atoms with Gasteiger partial charge in [0, 0.05) is 6.04 Å². The molecule has 0 aromatic carbocycles. The van der Waals surface area contributed by atoms with E-state index in [0.717, 1.165) is 35.6 Å². The number of hydrogen-bond donors (Lipinski definition) is 1. The van der Waals surface area contributed by atoms with Crippen LogP contribution >= 0.6 is 0 Å². The van der Waals surface area contributed by atoms with Crippen LogP contribution in [0.1, 0.15) is 92.4 Å². The van der Waals surface area contributed by atoms with Crippen LogP contribution in [0.5, 0.6) is 0 Å². The molecule has 4 rings (SSSR count). The van der Waals surface area contributed by atoms with Crippen molar-refractivity contribution < 1.29 is 0 Å². The van der Waals surface area contributed by atoms with Gasteiger partial charge in [-0.3, -0.25) is 0 Å². The maximum absolute atomic E-state index is 3.67. The smallest absolute Gasteiger partial charge is 0.0121 e. The highest BCUT2D eigenvalue weighted by atomic mass is 14.9. The lowest BCUT2D eigenvalue weighted by Crippen LogP contribution is -2.55. The van der Waals surface area contributed by atoms with Crippen LogP contribution in [0.3, 0.4) is 0 Å². The summed E-state index contributed by atoms with van der Waals surface area (Å²) in [6.45, 7) is 11.8. The molecule has 0 bridgehead atoms. The molecule has 140 valence electrons. The maximum Gasteiger partial charge on any atom is 0.0121 e. The standard InChI is InChI=1S/C21H37N.C2H6/c1-14-9-11-20(2)15(13-14)5-6-16-17-7-8-19(22-4)21(17,3)12-10-18(16)20;1-2/h14-19,22H,5-13H2,1-4H3;1-2H3. The van der Waals surface area contributed by atoms with Gasteiger partial charge in [0.25, 0.3) is 0 Å². The fourth-order valence-electron chi connectivity index (χ4n) is 7.95. The third-order valence-corrected chi connectivity index (χ3v) is 9.28. The number of nitrogens with one attached hydrogen (secondary N) is 1. The summed E-state index contributed by atoms with van der Waals surface area (Å²) in [6, 6.07) is 0.787. The molecule has 0 amide bonds. The third kappa shape index (κ3) is 2.68. The lowest BCUT2D eigenvalue weighted by molar-refractivity contribution is -0.113. The molecule has 4 saturated carbocycles. The minimum atomic E-state index is 0.598. The third-order valence-electron chi connectivity index (χ3n) is 9.28. The van der Waals surface area contributed by atoms with Crippen molar-refractivity contribution in [3.05, 3.63) is 0 Å². The maximum atomic E-state index is 3.67. The van der Waals surface area contributed by atoms with Crippen LogP contribution in [0.15, 0.2) is 0 Å². The van der Waals surface area contributed by atoms with Gasteiger partial charge < -0.3 is 5.32 Å². The molecule has 0 heterocycles. The highest BCUT2D eigenvalue weighted by molar-refractivity contribution is 5.10. The summed E-state index contributed by atoms with van der Waals surface area (Å²) in [7, 11) is 2.20. The van der Waals surface area contributed by atoms with Crippen LogP contribution in [-0.4, -0.2) is 13.1 Å². The van der Waals surface area contributed by atoms with Gasteiger partial charge in [0.05, 0.1) is 0 Å². The molecule has 0 saturated heterocycles. The SMILES string of the molecule is CC.CNC1CCC2C3CCC4CC(C)CCC4(C)C3CCC12C. The molecule has 0 aromatic rings. The fraction of sp³-hybridized carbons (Fsp3) is 1.00. The summed E-state index contributed by atoms with van der Waals surface area (Å²) in [5.41, 5.74) is 1.29. The molecule has 1 nitrogen and oxygen atoms in total. The van der Waals surface area contributed by atoms with Crippen molar-refractivity contribution in [2.45, 2.75) is 98.4 Å². The fourth-order valence-corrected chi connectivity index (χ4v) is 7.95. The van der Waals surface area contributed by atoms with Gasteiger partial charge in [-0.25, -0.2) is 0 Å². The van der Waals surface area contributed by atoms with Gasteiger partial charge in [0.1, 0.15) is 0 Å². The van der Waals surface area contributed by atoms with Crippen molar-refractivity contribution >= 4 is 0 Å². The van der Waals surface area contributed by atoms with Crippen molar-refractivity contribution in [1.29, 1.82) is 0 Å². The summed E-state index contributed by atoms with van der Waals surface area (Å²) >= 11 is 0. The molecule has 1 heteroatoms. The van der Waals surface area contributed by atoms with Gasteiger partial charge in [0.15, 0.2) is 0 Å². The summed E-state index contributed by atoms with van der Waals surface area (Å²) in [5.74, 6) is 5.15. The number of rotatable bonds is 1. The van der Waals surface area contributed by atoms with Gasteiger partial charge in [-0.1, -0.05) is 41.0 Å². The number of fused-ring (bicyclic) bond motifs is 5. The molecular weight excluding hydrogens is 290 g/mol. The highest BCUT2D eigenvalue weighted by Crippen LogP contribution is 2.66. The van der Waals surface area contributed by atoms with Crippen LogP contribution in [0, 0.1) is 40.4 Å². The zero-order chi connectivity index (χ0) is 17.5. The summed E-state index contributed by atoms with van der Waals surface area (Å²) in [6.07, 6.45) is 13.6. The van der Waals surface area contributed by atoms with Crippen molar-refractivity contribution in [3.8, 4) is 0 Å². The average molecular weight is 334 g/mol. The molecule has 8 unspecified atom stereocenters. The van der Waals surface area contributed by atoms with Crippen molar-refractivity contribution in [1.82, 2.24) is 5.32 Å². The Morgan fingerprint density at radius 2 is 1.46 bits per heavy atom. The topological polar surface area (TPSA) is 12.0 Å². The molecular formula is C23H43N. The Labute approximate surface area is 151 Å². The predicted octanol–water partition coefficient (Wildman–Crippen LogP) is 6.28. The molecule has 1 N–H and O–H groups in total. The lowest BCUT2D eigenvalue weighted by Gasteiger charge is -2.61. The first-order chi connectivity index (χ1) is 11.5. The van der Waals surface area contributed by atoms with Crippen molar-refractivity contribution in [2.24, 2.45) is 40.4 Å². The van der Waals surface area contributed by atoms with Gasteiger partial charge >= 0.3 is 0 Å². The molecule has 4 aliphatic carbocycles. The summed E-state index contributed by atoms with van der Waals surface area (Å²) in [4.78, 5) is 0. The molecule has 4 fully saturated rings. The molecule has 24 heavy (non-hydrogen) atoms. The zero-order valence-corrected chi connectivity index (χ0v) is 17.3. The van der Waals surface area contributed by atoms with E-state index in [4.69, 9.17) is 0 Å². The Morgan fingerprint density at radius 1 is 0.792 bits per heavy atom. The van der Waals surface area contributed by atoms with E-state index in [-0.39, 0.29) is 0 Å². The van der Waals surface area contributed by atoms with Gasteiger partial charge in [0.2, 0.25) is 0 Å². The largest absolute Gasteiger partial charge is 0.316 e. The van der Waals surface area contributed by atoms with Crippen LogP contribution in [0.25, 0.3) is 0 Å². The second-order valence-electron chi connectivity index (χ2n) is 10.00. The Kier molecular flexibility index (Phi) is 5.41. The van der Waals surface area contributed by atoms with Gasteiger partial charge in [-0.2, -0.15) is 0 Å². The summed E-state index contributed by atoms with van der Waals surface area (Å²) < 4.78 is 0. The Bertz CT molecular complexity index is 432. The van der Waals surface area contributed by atoms with Crippen molar-refractivity contribution in [2.75, 3.05) is 7.05 Å². The van der Waals surface area contributed by atoms with Crippen LogP contribution in [-0.2, 0) is 0 Å². The van der Waals surface area contributed by atoms with Crippen molar-refractivity contribution in [3.63, 3.8) is 0 Å². The van der Waals surface area contributed by atoms with E-state index in [0.29, 0.717) is 10.8 Å². The van der Waals surface area contributed by atoms with Gasteiger partial charge in [-0.15, -0.1) is 0 Å². The molecule has 0 aliphatic heterocycles. The number of hydrogen-bond acceptors (Lipinski definition) is 1. The Hall–Kier alpha value is -0.0400. The molecule has 0 aromatic heterocycles.